The molecule has 0 saturated heterocycles. The number of aromatic nitrogens is 1. The lowest BCUT2D eigenvalue weighted by Crippen LogP contribution is -2.23. The average Bonchev–Trinajstić information content (AvgIpc) is 3.16. The summed E-state index contributed by atoms with van der Waals surface area (Å²) in [5.74, 6) is 0.0687. The molecule has 0 spiro atoms. The fourth-order valence-electron chi connectivity index (χ4n) is 2.68. The highest BCUT2D eigenvalue weighted by molar-refractivity contribution is 7.08. The zero-order chi connectivity index (χ0) is 17.6. The number of nitrogens with one attached hydrogen (secondary N) is 1. The van der Waals surface area contributed by atoms with Gasteiger partial charge in [-0.2, -0.15) is 11.3 Å². The molecule has 3 aromatic rings. The van der Waals surface area contributed by atoms with E-state index in [1.807, 2.05) is 6.20 Å². The molecule has 0 fully saturated rings. The second kappa shape index (κ2) is 8.08. The van der Waals surface area contributed by atoms with Crippen LogP contribution in [0.5, 0.6) is 0 Å². The normalized spacial score (nSPS) is 10.6. The van der Waals surface area contributed by atoms with Crippen LogP contribution in [-0.2, 0) is 17.8 Å². The van der Waals surface area contributed by atoms with E-state index < -0.39 is 0 Å². The maximum atomic E-state index is 12.1. The number of amides is 1. The van der Waals surface area contributed by atoms with Crippen LogP contribution in [0.2, 0.25) is 0 Å². The summed E-state index contributed by atoms with van der Waals surface area (Å²) in [7, 11) is 0. The third-order valence-electron chi connectivity index (χ3n) is 4.35. The molecule has 0 aliphatic carbocycles. The number of rotatable bonds is 6. The maximum absolute atomic E-state index is 12.1. The van der Waals surface area contributed by atoms with Crippen LogP contribution in [0, 0.1) is 13.8 Å². The van der Waals surface area contributed by atoms with Crippen molar-refractivity contribution in [2.45, 2.75) is 33.2 Å². The number of benzene rings is 1. The van der Waals surface area contributed by atoms with Crippen molar-refractivity contribution in [3.05, 3.63) is 75.7 Å². The smallest absolute Gasteiger partial charge is 0.220 e. The molecule has 1 amide bonds. The van der Waals surface area contributed by atoms with Crippen molar-refractivity contribution >= 4 is 17.2 Å². The predicted octanol–water partition coefficient (Wildman–Crippen LogP) is 4.68. The van der Waals surface area contributed by atoms with Crippen molar-refractivity contribution in [2.75, 3.05) is 0 Å². The van der Waals surface area contributed by atoms with Gasteiger partial charge in [0.05, 0.1) is 0 Å². The molecule has 0 saturated carbocycles. The molecule has 0 aliphatic heterocycles. The zero-order valence-corrected chi connectivity index (χ0v) is 15.4. The minimum atomic E-state index is 0.0687. The van der Waals surface area contributed by atoms with Gasteiger partial charge in [-0.25, -0.2) is 0 Å². The Morgan fingerprint density at radius 2 is 1.92 bits per heavy atom. The van der Waals surface area contributed by atoms with Gasteiger partial charge in [0.1, 0.15) is 0 Å². The lowest BCUT2D eigenvalue weighted by atomic mass is 10.0. The quantitative estimate of drug-likeness (QED) is 0.701. The molecule has 25 heavy (non-hydrogen) atoms. The summed E-state index contributed by atoms with van der Waals surface area (Å²) >= 11 is 1.67. The van der Waals surface area contributed by atoms with Crippen LogP contribution in [0.25, 0.3) is 11.1 Å². The average molecular weight is 350 g/mol. The molecular formula is C21H22N2OS. The van der Waals surface area contributed by atoms with Gasteiger partial charge in [0.15, 0.2) is 0 Å². The highest BCUT2D eigenvalue weighted by Crippen LogP contribution is 2.21. The highest BCUT2D eigenvalue weighted by atomic mass is 32.1. The third kappa shape index (κ3) is 4.77. The van der Waals surface area contributed by atoms with Gasteiger partial charge in [0.2, 0.25) is 5.91 Å². The lowest BCUT2D eigenvalue weighted by Gasteiger charge is -2.08. The van der Waals surface area contributed by atoms with Crippen molar-refractivity contribution < 1.29 is 4.79 Å². The van der Waals surface area contributed by atoms with Gasteiger partial charge < -0.3 is 5.32 Å². The number of hydrogen-bond acceptors (Lipinski definition) is 3. The maximum Gasteiger partial charge on any atom is 0.220 e. The Hall–Kier alpha value is -2.46. The molecule has 4 heteroatoms. The van der Waals surface area contributed by atoms with Crippen molar-refractivity contribution in [2.24, 2.45) is 0 Å². The molecule has 0 aliphatic rings. The summed E-state index contributed by atoms with van der Waals surface area (Å²) in [6.07, 6.45) is 4.92. The standard InChI is InChI=1S/C21H22N2OS/c1-15-3-4-17(9-16(15)2)5-6-21(24)23-12-18-10-20(13-22-11-18)19-7-8-25-14-19/h3-4,7-11,13-14H,5-6,12H2,1-2H3,(H,23,24). The summed E-state index contributed by atoms with van der Waals surface area (Å²) in [5, 5.41) is 7.14. The van der Waals surface area contributed by atoms with E-state index in [-0.39, 0.29) is 5.91 Å². The molecule has 1 N–H and O–H groups in total. The third-order valence-corrected chi connectivity index (χ3v) is 5.03. The SMILES string of the molecule is Cc1ccc(CCC(=O)NCc2cncc(-c3ccsc3)c2)cc1C. The lowest BCUT2D eigenvalue weighted by molar-refractivity contribution is -0.121. The molecular weight excluding hydrogens is 328 g/mol. The summed E-state index contributed by atoms with van der Waals surface area (Å²) in [6, 6.07) is 10.5. The van der Waals surface area contributed by atoms with E-state index >= 15 is 0 Å². The molecule has 0 bridgehead atoms. The summed E-state index contributed by atoms with van der Waals surface area (Å²) < 4.78 is 0. The van der Waals surface area contributed by atoms with Gasteiger partial charge in [0.25, 0.3) is 0 Å². The van der Waals surface area contributed by atoms with Crippen molar-refractivity contribution in [1.82, 2.24) is 10.3 Å². The molecule has 0 atom stereocenters. The van der Waals surface area contributed by atoms with Gasteiger partial charge in [-0.1, -0.05) is 18.2 Å². The van der Waals surface area contributed by atoms with Gasteiger partial charge in [-0.05, 0) is 71.0 Å². The Labute approximate surface area is 152 Å². The molecule has 0 unspecified atom stereocenters. The van der Waals surface area contributed by atoms with E-state index in [2.05, 4.69) is 65.2 Å². The molecule has 128 valence electrons. The molecule has 3 rings (SSSR count). The van der Waals surface area contributed by atoms with E-state index in [1.54, 1.807) is 17.5 Å². The first-order valence-corrected chi connectivity index (χ1v) is 9.35. The monoisotopic (exact) mass is 350 g/mol. The second-order valence-corrected chi connectivity index (χ2v) is 7.07. The van der Waals surface area contributed by atoms with Crippen LogP contribution >= 0.6 is 11.3 Å². The Bertz CT molecular complexity index is 856. The zero-order valence-electron chi connectivity index (χ0n) is 14.6. The fraction of sp³-hybridized carbons (Fsp3) is 0.238. The number of thiophene rings is 1. The molecule has 2 heterocycles. The Balaban J connectivity index is 1.52. The predicted molar refractivity (Wildman–Crippen MR) is 104 cm³/mol. The Morgan fingerprint density at radius 3 is 2.68 bits per heavy atom. The summed E-state index contributed by atoms with van der Waals surface area (Å²) in [5.41, 5.74) is 7.03. The number of hydrogen-bond donors (Lipinski definition) is 1. The molecule has 1 aromatic carbocycles. The molecule has 0 radical (unpaired) electrons. The Kier molecular flexibility index (Phi) is 5.61. The van der Waals surface area contributed by atoms with Crippen LogP contribution in [-0.4, -0.2) is 10.9 Å². The summed E-state index contributed by atoms with van der Waals surface area (Å²) in [6.45, 7) is 4.72. The second-order valence-electron chi connectivity index (χ2n) is 6.29. The van der Waals surface area contributed by atoms with Crippen LogP contribution in [0.3, 0.4) is 0 Å². The van der Waals surface area contributed by atoms with E-state index in [1.165, 1.54) is 22.3 Å². The highest BCUT2D eigenvalue weighted by Gasteiger charge is 2.05. The van der Waals surface area contributed by atoms with Crippen LogP contribution in [0.1, 0.15) is 28.7 Å². The first-order valence-electron chi connectivity index (χ1n) is 8.41. The number of pyridine rings is 1. The van der Waals surface area contributed by atoms with E-state index in [0.717, 1.165) is 17.5 Å². The van der Waals surface area contributed by atoms with Crippen molar-refractivity contribution in [1.29, 1.82) is 0 Å². The Morgan fingerprint density at radius 1 is 1.04 bits per heavy atom. The minimum Gasteiger partial charge on any atom is -0.352 e. The topological polar surface area (TPSA) is 42.0 Å². The minimum absolute atomic E-state index is 0.0687. The van der Waals surface area contributed by atoms with Crippen molar-refractivity contribution in [3.63, 3.8) is 0 Å². The summed E-state index contributed by atoms with van der Waals surface area (Å²) in [4.78, 5) is 16.4. The van der Waals surface area contributed by atoms with Crippen LogP contribution < -0.4 is 5.32 Å². The van der Waals surface area contributed by atoms with Gasteiger partial charge in [-0.15, -0.1) is 0 Å². The molecule has 3 nitrogen and oxygen atoms in total. The van der Waals surface area contributed by atoms with E-state index in [0.29, 0.717) is 13.0 Å². The van der Waals surface area contributed by atoms with Crippen LogP contribution in [0.15, 0.2) is 53.5 Å². The first-order chi connectivity index (χ1) is 12.1. The van der Waals surface area contributed by atoms with Crippen LogP contribution in [0.4, 0.5) is 0 Å². The number of carbonyl (C=O) groups is 1. The number of nitrogens with zero attached hydrogens (tertiary/aromatic N) is 1. The number of carbonyl (C=O) groups excluding carboxylic acids is 1. The first kappa shape index (κ1) is 17.4. The fourth-order valence-corrected chi connectivity index (χ4v) is 3.34. The van der Waals surface area contributed by atoms with Gasteiger partial charge in [0, 0.05) is 30.9 Å². The van der Waals surface area contributed by atoms with E-state index in [4.69, 9.17) is 0 Å². The van der Waals surface area contributed by atoms with Gasteiger partial charge >= 0.3 is 0 Å². The largest absolute Gasteiger partial charge is 0.352 e. The van der Waals surface area contributed by atoms with Crippen molar-refractivity contribution in [3.8, 4) is 11.1 Å². The van der Waals surface area contributed by atoms with Gasteiger partial charge in [-0.3, -0.25) is 9.78 Å². The number of aryl methyl sites for hydroxylation is 3. The molecule has 2 aromatic heterocycles. The van der Waals surface area contributed by atoms with E-state index in [9.17, 15) is 4.79 Å².